The van der Waals surface area contributed by atoms with Gasteiger partial charge in [0.05, 0.1) is 3.79 Å². The van der Waals surface area contributed by atoms with Gasteiger partial charge in [-0.1, -0.05) is 0 Å². The van der Waals surface area contributed by atoms with Gasteiger partial charge in [0.15, 0.2) is 0 Å². The highest BCUT2D eigenvalue weighted by atomic mass is 79.9. The summed E-state index contributed by atoms with van der Waals surface area (Å²) in [6.45, 7) is 3.20. The molecule has 0 saturated carbocycles. The van der Waals surface area contributed by atoms with E-state index in [1.54, 1.807) is 16.2 Å². The monoisotopic (exact) mass is 345 g/mol. The van der Waals surface area contributed by atoms with Crippen molar-refractivity contribution < 1.29 is 9.59 Å². The van der Waals surface area contributed by atoms with Crippen LogP contribution in [0, 0.1) is 0 Å². The van der Waals surface area contributed by atoms with Crippen molar-refractivity contribution in [2.45, 2.75) is 6.42 Å². The molecule has 0 unspecified atom stereocenters. The Balaban J connectivity index is 1.72. The largest absolute Gasteiger partial charge is 0.347 e. The first-order chi connectivity index (χ1) is 9.16. The van der Waals surface area contributed by atoms with E-state index in [2.05, 4.69) is 26.6 Å². The molecule has 5 nitrogen and oxygen atoms in total. The number of nitrogens with zero attached hydrogens (tertiary/aromatic N) is 1. The van der Waals surface area contributed by atoms with Gasteiger partial charge in [0.2, 0.25) is 0 Å². The van der Waals surface area contributed by atoms with Gasteiger partial charge in [0, 0.05) is 37.6 Å². The summed E-state index contributed by atoms with van der Waals surface area (Å²) in [5.74, 6) is -0.925. The van der Waals surface area contributed by atoms with Crippen LogP contribution < -0.4 is 10.6 Å². The molecule has 1 aromatic rings. The summed E-state index contributed by atoms with van der Waals surface area (Å²) in [7, 11) is 0. The zero-order chi connectivity index (χ0) is 13.7. The Morgan fingerprint density at radius 1 is 1.37 bits per heavy atom. The second-order valence-corrected chi connectivity index (χ2v) is 6.80. The Labute approximate surface area is 124 Å². The molecule has 1 saturated heterocycles. The lowest BCUT2D eigenvalue weighted by atomic mass is 10.3. The van der Waals surface area contributed by atoms with Crippen molar-refractivity contribution in [3.63, 3.8) is 0 Å². The predicted octanol–water partition coefficient (Wildman–Crippen LogP) is 0.601. The second kappa shape index (κ2) is 7.02. The number of amides is 2. The standard InChI is InChI=1S/C12H16BrN3O2S/c13-10-2-1-9(19-10)3-4-15-11(17)12(18)16-7-5-14-6-8-16/h1-2,14H,3-8H2,(H,15,17). The lowest BCUT2D eigenvalue weighted by Crippen LogP contribution is -2.51. The maximum Gasteiger partial charge on any atom is 0.311 e. The maximum absolute atomic E-state index is 11.8. The number of hydrogen-bond acceptors (Lipinski definition) is 4. The van der Waals surface area contributed by atoms with Crippen LogP contribution in [-0.4, -0.2) is 49.4 Å². The molecule has 0 radical (unpaired) electrons. The normalized spacial score (nSPS) is 15.3. The van der Waals surface area contributed by atoms with Gasteiger partial charge in [-0.05, 0) is 34.5 Å². The van der Waals surface area contributed by atoms with Crippen molar-refractivity contribution in [3.8, 4) is 0 Å². The van der Waals surface area contributed by atoms with E-state index in [1.807, 2.05) is 12.1 Å². The van der Waals surface area contributed by atoms with Gasteiger partial charge < -0.3 is 15.5 Å². The molecule has 0 spiro atoms. The third kappa shape index (κ3) is 4.29. The Bertz CT molecular complexity index is 458. The first-order valence-corrected chi connectivity index (χ1v) is 7.80. The number of carbonyl (C=O) groups is 2. The molecule has 104 valence electrons. The van der Waals surface area contributed by atoms with E-state index in [0.29, 0.717) is 19.6 Å². The Kier molecular flexibility index (Phi) is 5.35. The van der Waals surface area contributed by atoms with Gasteiger partial charge in [-0.2, -0.15) is 0 Å². The summed E-state index contributed by atoms with van der Waals surface area (Å²) in [6, 6.07) is 3.99. The van der Waals surface area contributed by atoms with Crippen molar-refractivity contribution in [1.82, 2.24) is 15.5 Å². The number of hydrogen-bond donors (Lipinski definition) is 2. The first kappa shape index (κ1) is 14.5. The molecule has 19 heavy (non-hydrogen) atoms. The molecule has 0 aliphatic carbocycles. The molecular weight excluding hydrogens is 330 g/mol. The van der Waals surface area contributed by atoms with Crippen LogP contribution in [0.3, 0.4) is 0 Å². The molecule has 1 fully saturated rings. The summed E-state index contributed by atoms with van der Waals surface area (Å²) in [6.07, 6.45) is 0.747. The molecule has 1 aliphatic rings. The fourth-order valence-electron chi connectivity index (χ4n) is 1.87. The SMILES string of the molecule is O=C(NCCc1ccc(Br)s1)C(=O)N1CCNCC1. The number of halogens is 1. The number of nitrogens with one attached hydrogen (secondary N) is 2. The minimum absolute atomic E-state index is 0.422. The molecule has 2 amide bonds. The van der Waals surface area contributed by atoms with Crippen LogP contribution >= 0.6 is 27.3 Å². The molecule has 0 bridgehead atoms. The van der Waals surface area contributed by atoms with Crippen LogP contribution in [0.4, 0.5) is 0 Å². The van der Waals surface area contributed by atoms with E-state index < -0.39 is 11.8 Å². The topological polar surface area (TPSA) is 61.4 Å². The Morgan fingerprint density at radius 2 is 2.11 bits per heavy atom. The predicted molar refractivity (Wildman–Crippen MR) is 78.2 cm³/mol. The van der Waals surface area contributed by atoms with E-state index >= 15 is 0 Å². The Hall–Kier alpha value is -0.920. The van der Waals surface area contributed by atoms with Crippen LogP contribution in [-0.2, 0) is 16.0 Å². The molecule has 7 heteroatoms. The van der Waals surface area contributed by atoms with Gasteiger partial charge in [0.25, 0.3) is 0 Å². The molecule has 0 atom stereocenters. The third-order valence-corrected chi connectivity index (χ3v) is 4.57. The van der Waals surface area contributed by atoms with E-state index in [9.17, 15) is 9.59 Å². The maximum atomic E-state index is 11.8. The van der Waals surface area contributed by atoms with Crippen LogP contribution in [0.1, 0.15) is 4.88 Å². The van der Waals surface area contributed by atoms with Crippen molar-refractivity contribution in [2.24, 2.45) is 0 Å². The molecule has 2 rings (SSSR count). The summed E-state index contributed by atoms with van der Waals surface area (Å²) in [4.78, 5) is 26.3. The number of piperazine rings is 1. The van der Waals surface area contributed by atoms with E-state index in [4.69, 9.17) is 0 Å². The van der Waals surface area contributed by atoms with E-state index in [1.165, 1.54) is 4.88 Å². The van der Waals surface area contributed by atoms with Crippen molar-refractivity contribution in [2.75, 3.05) is 32.7 Å². The van der Waals surface area contributed by atoms with Gasteiger partial charge in [-0.3, -0.25) is 9.59 Å². The van der Waals surface area contributed by atoms with Crippen molar-refractivity contribution in [1.29, 1.82) is 0 Å². The highest BCUT2D eigenvalue weighted by molar-refractivity contribution is 9.11. The van der Waals surface area contributed by atoms with Crippen LogP contribution in [0.15, 0.2) is 15.9 Å². The number of rotatable bonds is 3. The number of thiophene rings is 1. The molecule has 1 aromatic heterocycles. The molecule has 1 aliphatic heterocycles. The van der Waals surface area contributed by atoms with Gasteiger partial charge >= 0.3 is 11.8 Å². The molecule has 2 heterocycles. The highest BCUT2D eigenvalue weighted by Gasteiger charge is 2.22. The van der Waals surface area contributed by atoms with Crippen LogP contribution in [0.25, 0.3) is 0 Å². The summed E-state index contributed by atoms with van der Waals surface area (Å²) >= 11 is 5.03. The third-order valence-electron chi connectivity index (χ3n) is 2.88. The minimum atomic E-state index is -0.502. The average molecular weight is 346 g/mol. The van der Waals surface area contributed by atoms with Gasteiger partial charge in [-0.25, -0.2) is 0 Å². The summed E-state index contributed by atoms with van der Waals surface area (Å²) in [5.41, 5.74) is 0. The summed E-state index contributed by atoms with van der Waals surface area (Å²) < 4.78 is 1.07. The molecule has 0 aromatic carbocycles. The fourth-order valence-corrected chi connectivity index (χ4v) is 3.36. The summed E-state index contributed by atoms with van der Waals surface area (Å²) in [5, 5.41) is 5.83. The lowest BCUT2D eigenvalue weighted by molar-refractivity contribution is -0.146. The Morgan fingerprint density at radius 3 is 2.74 bits per heavy atom. The average Bonchev–Trinajstić information content (AvgIpc) is 2.84. The van der Waals surface area contributed by atoms with E-state index in [0.717, 1.165) is 23.3 Å². The molecule has 2 N–H and O–H groups in total. The van der Waals surface area contributed by atoms with Crippen LogP contribution in [0.5, 0.6) is 0 Å². The van der Waals surface area contributed by atoms with Crippen molar-refractivity contribution >= 4 is 39.1 Å². The van der Waals surface area contributed by atoms with E-state index in [-0.39, 0.29) is 0 Å². The first-order valence-electron chi connectivity index (χ1n) is 6.19. The zero-order valence-corrected chi connectivity index (χ0v) is 12.8. The minimum Gasteiger partial charge on any atom is -0.347 e. The number of carbonyl (C=O) groups excluding carboxylic acids is 2. The van der Waals surface area contributed by atoms with Crippen molar-refractivity contribution in [3.05, 3.63) is 20.8 Å². The fraction of sp³-hybridized carbons (Fsp3) is 0.500. The lowest BCUT2D eigenvalue weighted by Gasteiger charge is -2.26. The second-order valence-electron chi connectivity index (χ2n) is 4.25. The van der Waals surface area contributed by atoms with Gasteiger partial charge in [-0.15, -0.1) is 11.3 Å². The smallest absolute Gasteiger partial charge is 0.311 e. The van der Waals surface area contributed by atoms with Crippen LogP contribution in [0.2, 0.25) is 0 Å². The molecular formula is C12H16BrN3O2S. The van der Waals surface area contributed by atoms with Gasteiger partial charge in [0.1, 0.15) is 0 Å². The quantitative estimate of drug-likeness (QED) is 0.788. The zero-order valence-electron chi connectivity index (χ0n) is 10.4. The highest BCUT2D eigenvalue weighted by Crippen LogP contribution is 2.21.